The summed E-state index contributed by atoms with van der Waals surface area (Å²) >= 11 is 0. The third kappa shape index (κ3) is 3.13. The standard InChI is InChI=1S/C10H12F3NO/c1-14-5-4-7-2-3-8(6-9(7)15)10(11,12)13/h2-3,6,14-15H,4-5H2,1H3. The molecule has 0 aromatic heterocycles. The monoisotopic (exact) mass is 219 g/mol. The second-order valence-corrected chi connectivity index (χ2v) is 3.19. The van der Waals surface area contributed by atoms with Crippen molar-refractivity contribution in [2.24, 2.45) is 0 Å². The van der Waals surface area contributed by atoms with Crippen LogP contribution in [0.3, 0.4) is 0 Å². The zero-order valence-electron chi connectivity index (χ0n) is 8.23. The second kappa shape index (κ2) is 4.53. The number of phenolic OH excluding ortho intramolecular Hbond substituents is 1. The van der Waals surface area contributed by atoms with Crippen LogP contribution >= 0.6 is 0 Å². The van der Waals surface area contributed by atoms with Gasteiger partial charge >= 0.3 is 6.18 Å². The number of likely N-dealkylation sites (N-methyl/N-ethyl adjacent to an activating group) is 1. The second-order valence-electron chi connectivity index (χ2n) is 3.19. The predicted octanol–water partition coefficient (Wildman–Crippen LogP) is 2.17. The SMILES string of the molecule is CNCCc1ccc(C(F)(F)F)cc1O. The van der Waals surface area contributed by atoms with E-state index < -0.39 is 11.7 Å². The van der Waals surface area contributed by atoms with Gasteiger partial charge in [0, 0.05) is 0 Å². The molecule has 5 heteroatoms. The van der Waals surface area contributed by atoms with Crippen LogP contribution in [0.5, 0.6) is 5.75 Å². The largest absolute Gasteiger partial charge is 0.508 e. The molecule has 2 N–H and O–H groups in total. The highest BCUT2D eigenvalue weighted by molar-refractivity contribution is 5.37. The molecule has 0 amide bonds. The van der Waals surface area contributed by atoms with Crippen molar-refractivity contribution >= 4 is 0 Å². The highest BCUT2D eigenvalue weighted by Crippen LogP contribution is 2.32. The summed E-state index contributed by atoms with van der Waals surface area (Å²) in [5.74, 6) is -0.305. The number of benzene rings is 1. The molecule has 1 aromatic carbocycles. The zero-order valence-corrected chi connectivity index (χ0v) is 8.23. The Morgan fingerprint density at radius 3 is 2.47 bits per heavy atom. The summed E-state index contributed by atoms with van der Waals surface area (Å²) in [5.41, 5.74) is -0.314. The summed E-state index contributed by atoms with van der Waals surface area (Å²) in [7, 11) is 1.74. The van der Waals surface area contributed by atoms with Crippen LogP contribution in [0.25, 0.3) is 0 Å². The van der Waals surface area contributed by atoms with Crippen molar-refractivity contribution in [1.82, 2.24) is 5.32 Å². The highest BCUT2D eigenvalue weighted by Gasteiger charge is 2.30. The molecule has 0 aliphatic carbocycles. The first-order valence-electron chi connectivity index (χ1n) is 4.49. The molecule has 0 aliphatic rings. The quantitative estimate of drug-likeness (QED) is 0.816. The number of aromatic hydroxyl groups is 1. The fourth-order valence-electron chi connectivity index (χ4n) is 1.21. The number of hydrogen-bond acceptors (Lipinski definition) is 2. The van der Waals surface area contributed by atoms with Gasteiger partial charge < -0.3 is 10.4 Å². The number of hydrogen-bond donors (Lipinski definition) is 2. The van der Waals surface area contributed by atoms with Gasteiger partial charge in [-0.2, -0.15) is 13.2 Å². The lowest BCUT2D eigenvalue weighted by molar-refractivity contribution is -0.137. The molecule has 84 valence electrons. The number of phenols is 1. The van der Waals surface area contributed by atoms with Gasteiger partial charge in [0.15, 0.2) is 0 Å². The van der Waals surface area contributed by atoms with Crippen LogP contribution in [0.4, 0.5) is 13.2 Å². The Morgan fingerprint density at radius 2 is 2.00 bits per heavy atom. The van der Waals surface area contributed by atoms with Crippen molar-refractivity contribution in [2.75, 3.05) is 13.6 Å². The Bertz CT molecular complexity index is 336. The van der Waals surface area contributed by atoms with Crippen molar-refractivity contribution in [3.05, 3.63) is 29.3 Å². The summed E-state index contributed by atoms with van der Waals surface area (Å²) in [4.78, 5) is 0. The Kier molecular flexibility index (Phi) is 3.57. The Hall–Kier alpha value is -1.23. The van der Waals surface area contributed by atoms with E-state index in [4.69, 9.17) is 0 Å². The minimum Gasteiger partial charge on any atom is -0.508 e. The van der Waals surface area contributed by atoms with E-state index in [2.05, 4.69) is 5.32 Å². The minimum absolute atomic E-state index is 0.305. The molecule has 0 aliphatic heterocycles. The third-order valence-corrected chi connectivity index (χ3v) is 2.06. The zero-order chi connectivity index (χ0) is 11.5. The van der Waals surface area contributed by atoms with Crippen LogP contribution in [-0.4, -0.2) is 18.7 Å². The normalized spacial score (nSPS) is 11.7. The maximum absolute atomic E-state index is 12.2. The lowest BCUT2D eigenvalue weighted by atomic mass is 10.1. The van der Waals surface area contributed by atoms with Gasteiger partial charge in [-0.15, -0.1) is 0 Å². The average Bonchev–Trinajstić information content (AvgIpc) is 2.14. The van der Waals surface area contributed by atoms with Crippen molar-refractivity contribution in [3.8, 4) is 5.75 Å². The topological polar surface area (TPSA) is 32.3 Å². The van der Waals surface area contributed by atoms with E-state index >= 15 is 0 Å². The third-order valence-electron chi connectivity index (χ3n) is 2.06. The van der Waals surface area contributed by atoms with E-state index in [1.54, 1.807) is 7.05 Å². The van der Waals surface area contributed by atoms with Gasteiger partial charge in [-0.25, -0.2) is 0 Å². The molecule has 2 nitrogen and oxygen atoms in total. The first kappa shape index (κ1) is 11.8. The van der Waals surface area contributed by atoms with Gasteiger partial charge in [-0.1, -0.05) is 6.07 Å². The first-order chi connectivity index (χ1) is 6.95. The van der Waals surface area contributed by atoms with Crippen LogP contribution < -0.4 is 5.32 Å². The Balaban J connectivity index is 2.88. The number of halogens is 3. The lowest BCUT2D eigenvalue weighted by Crippen LogP contribution is -2.11. The van der Waals surface area contributed by atoms with Crippen LogP contribution in [0.15, 0.2) is 18.2 Å². The number of nitrogens with one attached hydrogen (secondary N) is 1. The highest BCUT2D eigenvalue weighted by atomic mass is 19.4. The smallest absolute Gasteiger partial charge is 0.416 e. The number of rotatable bonds is 3. The molecule has 0 unspecified atom stereocenters. The van der Waals surface area contributed by atoms with Crippen LogP contribution in [0.2, 0.25) is 0 Å². The van der Waals surface area contributed by atoms with Crippen molar-refractivity contribution in [2.45, 2.75) is 12.6 Å². The molecule has 0 radical (unpaired) electrons. The summed E-state index contributed by atoms with van der Waals surface area (Å²) in [6.07, 6.45) is -3.90. The van der Waals surface area contributed by atoms with Gasteiger partial charge in [-0.3, -0.25) is 0 Å². The molecule has 0 atom stereocenters. The van der Waals surface area contributed by atoms with Crippen LogP contribution in [0.1, 0.15) is 11.1 Å². The van der Waals surface area contributed by atoms with Crippen molar-refractivity contribution < 1.29 is 18.3 Å². The minimum atomic E-state index is -4.40. The molecule has 0 spiro atoms. The summed E-state index contributed by atoms with van der Waals surface area (Å²) in [6, 6.07) is 3.03. The average molecular weight is 219 g/mol. The summed E-state index contributed by atoms with van der Waals surface area (Å²) in [5, 5.41) is 12.2. The first-order valence-corrected chi connectivity index (χ1v) is 4.49. The Labute approximate surface area is 85.7 Å². The van der Waals surface area contributed by atoms with E-state index in [1.807, 2.05) is 0 Å². The van der Waals surface area contributed by atoms with E-state index in [9.17, 15) is 18.3 Å². The fourth-order valence-corrected chi connectivity index (χ4v) is 1.21. The van der Waals surface area contributed by atoms with E-state index in [-0.39, 0.29) is 5.75 Å². The molecule has 1 rings (SSSR count). The molecule has 1 aromatic rings. The van der Waals surface area contributed by atoms with Crippen molar-refractivity contribution in [1.29, 1.82) is 0 Å². The van der Waals surface area contributed by atoms with Gasteiger partial charge in [-0.05, 0) is 37.7 Å². The molecular weight excluding hydrogens is 207 g/mol. The number of alkyl halides is 3. The summed E-state index contributed by atoms with van der Waals surface area (Å²) < 4.78 is 36.7. The van der Waals surface area contributed by atoms with Gasteiger partial charge in [0.25, 0.3) is 0 Å². The van der Waals surface area contributed by atoms with Crippen LogP contribution in [-0.2, 0) is 12.6 Å². The predicted molar refractivity (Wildman–Crippen MR) is 50.7 cm³/mol. The van der Waals surface area contributed by atoms with Crippen molar-refractivity contribution in [3.63, 3.8) is 0 Å². The Morgan fingerprint density at radius 1 is 1.33 bits per heavy atom. The fraction of sp³-hybridized carbons (Fsp3) is 0.400. The molecule has 0 saturated carbocycles. The molecule has 0 heterocycles. The van der Waals surface area contributed by atoms with E-state index in [1.165, 1.54) is 6.07 Å². The van der Waals surface area contributed by atoms with E-state index in [0.717, 1.165) is 12.1 Å². The maximum Gasteiger partial charge on any atom is 0.416 e. The van der Waals surface area contributed by atoms with Gasteiger partial charge in [0.1, 0.15) is 5.75 Å². The summed E-state index contributed by atoms with van der Waals surface area (Å²) in [6.45, 7) is 0.610. The van der Waals surface area contributed by atoms with E-state index in [0.29, 0.717) is 18.5 Å². The molecule has 0 fully saturated rings. The molecule has 0 bridgehead atoms. The van der Waals surface area contributed by atoms with Gasteiger partial charge in [0.2, 0.25) is 0 Å². The molecule has 15 heavy (non-hydrogen) atoms. The van der Waals surface area contributed by atoms with Gasteiger partial charge in [0.05, 0.1) is 5.56 Å². The lowest BCUT2D eigenvalue weighted by Gasteiger charge is -2.09. The maximum atomic E-state index is 12.2. The molecule has 0 saturated heterocycles. The van der Waals surface area contributed by atoms with Crippen LogP contribution in [0, 0.1) is 0 Å². The molecular formula is C10H12F3NO.